The van der Waals surface area contributed by atoms with E-state index in [2.05, 4.69) is 71.3 Å². The van der Waals surface area contributed by atoms with E-state index in [1.165, 1.54) is 11.3 Å². The molecule has 1 aromatic heterocycles. The Morgan fingerprint density at radius 1 is 1.21 bits per heavy atom. The van der Waals surface area contributed by atoms with Crippen molar-refractivity contribution in [1.29, 1.82) is 0 Å². The predicted octanol–water partition coefficient (Wildman–Crippen LogP) is 2.64. The number of ether oxygens (including phenoxy) is 1. The molecule has 1 heterocycles. The number of aromatic nitrogens is 1. The van der Waals surface area contributed by atoms with Gasteiger partial charge in [0.15, 0.2) is 5.96 Å². The van der Waals surface area contributed by atoms with Gasteiger partial charge in [-0.15, -0.1) is 0 Å². The van der Waals surface area contributed by atoms with Crippen LogP contribution in [0, 0.1) is 0 Å². The van der Waals surface area contributed by atoms with Crippen LogP contribution in [-0.2, 0) is 24.9 Å². The Morgan fingerprint density at radius 3 is 2.67 bits per heavy atom. The molecule has 0 amide bonds. The number of nitrogens with zero attached hydrogens (tertiary/aromatic N) is 3. The largest absolute Gasteiger partial charge is 0.375 e. The first-order valence-electron chi connectivity index (χ1n) is 8.42. The molecule has 0 aliphatic heterocycles. The maximum atomic E-state index is 5.70. The SMILES string of the molecule is CCNC(=NCCOCc1ccccc1)N(C)Cc1cccn1C. The van der Waals surface area contributed by atoms with Crippen molar-refractivity contribution in [2.24, 2.45) is 12.0 Å². The van der Waals surface area contributed by atoms with Gasteiger partial charge in [0.1, 0.15) is 0 Å². The number of aliphatic imine (C=N–C) groups is 1. The van der Waals surface area contributed by atoms with Gasteiger partial charge in [-0.2, -0.15) is 0 Å². The van der Waals surface area contributed by atoms with Crippen LogP contribution in [0.2, 0.25) is 0 Å². The summed E-state index contributed by atoms with van der Waals surface area (Å²) in [4.78, 5) is 6.79. The lowest BCUT2D eigenvalue weighted by Gasteiger charge is -2.22. The van der Waals surface area contributed by atoms with Gasteiger partial charge in [-0.25, -0.2) is 0 Å². The van der Waals surface area contributed by atoms with Gasteiger partial charge in [0.25, 0.3) is 0 Å². The quantitative estimate of drug-likeness (QED) is 0.460. The molecule has 130 valence electrons. The van der Waals surface area contributed by atoms with Gasteiger partial charge >= 0.3 is 0 Å². The summed E-state index contributed by atoms with van der Waals surface area (Å²) in [6.07, 6.45) is 2.06. The number of hydrogen-bond acceptors (Lipinski definition) is 2. The summed E-state index contributed by atoms with van der Waals surface area (Å²) < 4.78 is 7.82. The molecular weight excluding hydrogens is 300 g/mol. The van der Waals surface area contributed by atoms with Crippen LogP contribution in [0.25, 0.3) is 0 Å². The number of guanidine groups is 1. The fourth-order valence-corrected chi connectivity index (χ4v) is 2.43. The zero-order valence-electron chi connectivity index (χ0n) is 14.9. The molecule has 0 aliphatic carbocycles. The highest BCUT2D eigenvalue weighted by Crippen LogP contribution is 2.04. The molecule has 5 heteroatoms. The van der Waals surface area contributed by atoms with Crippen molar-refractivity contribution in [2.45, 2.75) is 20.1 Å². The van der Waals surface area contributed by atoms with Gasteiger partial charge < -0.3 is 19.5 Å². The minimum atomic E-state index is 0.613. The number of benzene rings is 1. The maximum Gasteiger partial charge on any atom is 0.194 e. The van der Waals surface area contributed by atoms with Crippen molar-refractivity contribution in [3.8, 4) is 0 Å². The molecule has 1 aromatic carbocycles. The second-order valence-corrected chi connectivity index (χ2v) is 5.74. The first-order valence-corrected chi connectivity index (χ1v) is 8.42. The Bertz CT molecular complexity index is 621. The Hall–Kier alpha value is -2.27. The molecule has 2 aromatic rings. The van der Waals surface area contributed by atoms with E-state index in [4.69, 9.17) is 4.74 Å². The normalized spacial score (nSPS) is 11.5. The summed E-state index contributed by atoms with van der Waals surface area (Å²) in [5.74, 6) is 0.905. The Morgan fingerprint density at radius 2 is 2.00 bits per heavy atom. The maximum absolute atomic E-state index is 5.70. The lowest BCUT2D eigenvalue weighted by molar-refractivity contribution is 0.128. The first-order chi connectivity index (χ1) is 11.7. The third-order valence-electron chi connectivity index (χ3n) is 3.76. The van der Waals surface area contributed by atoms with Crippen molar-refractivity contribution in [1.82, 2.24) is 14.8 Å². The fraction of sp³-hybridized carbons (Fsp3) is 0.421. The second kappa shape index (κ2) is 9.78. The van der Waals surface area contributed by atoms with Crippen LogP contribution in [0.4, 0.5) is 0 Å². The molecular formula is C19H28N4O. The monoisotopic (exact) mass is 328 g/mol. The Kier molecular flexibility index (Phi) is 7.36. The van der Waals surface area contributed by atoms with Crippen molar-refractivity contribution in [3.05, 3.63) is 59.9 Å². The lowest BCUT2D eigenvalue weighted by atomic mass is 10.2. The minimum absolute atomic E-state index is 0.613. The van der Waals surface area contributed by atoms with Gasteiger partial charge in [-0.3, -0.25) is 4.99 Å². The smallest absolute Gasteiger partial charge is 0.194 e. The van der Waals surface area contributed by atoms with Gasteiger partial charge in [0.2, 0.25) is 0 Å². The molecule has 0 aliphatic rings. The molecule has 0 saturated heterocycles. The van der Waals surface area contributed by atoms with Crippen LogP contribution in [0.5, 0.6) is 0 Å². The van der Waals surface area contributed by atoms with E-state index in [-0.39, 0.29) is 0 Å². The Labute approximate surface area is 145 Å². The highest BCUT2D eigenvalue weighted by atomic mass is 16.5. The molecule has 1 N–H and O–H groups in total. The van der Waals surface area contributed by atoms with Crippen LogP contribution in [0.3, 0.4) is 0 Å². The third kappa shape index (κ3) is 5.74. The summed E-state index contributed by atoms with van der Waals surface area (Å²) in [5.41, 5.74) is 2.44. The van der Waals surface area contributed by atoms with E-state index in [1.54, 1.807) is 0 Å². The number of aryl methyl sites for hydroxylation is 1. The van der Waals surface area contributed by atoms with Gasteiger partial charge in [-0.05, 0) is 24.6 Å². The predicted molar refractivity (Wildman–Crippen MR) is 99.0 cm³/mol. The molecule has 0 spiro atoms. The van der Waals surface area contributed by atoms with Crippen LogP contribution in [0.15, 0.2) is 53.7 Å². The molecule has 0 fully saturated rings. The molecule has 5 nitrogen and oxygen atoms in total. The highest BCUT2D eigenvalue weighted by molar-refractivity contribution is 5.79. The van der Waals surface area contributed by atoms with Gasteiger partial charge in [0.05, 0.1) is 26.3 Å². The highest BCUT2D eigenvalue weighted by Gasteiger charge is 2.07. The number of hydrogen-bond donors (Lipinski definition) is 1. The fourth-order valence-electron chi connectivity index (χ4n) is 2.43. The molecule has 0 unspecified atom stereocenters. The van der Waals surface area contributed by atoms with E-state index < -0.39 is 0 Å². The summed E-state index contributed by atoms with van der Waals surface area (Å²) >= 11 is 0. The summed E-state index contributed by atoms with van der Waals surface area (Å²) in [5, 5.41) is 3.33. The molecule has 24 heavy (non-hydrogen) atoms. The lowest BCUT2D eigenvalue weighted by Crippen LogP contribution is -2.39. The van der Waals surface area contributed by atoms with E-state index in [0.717, 1.165) is 19.0 Å². The molecule has 0 radical (unpaired) electrons. The van der Waals surface area contributed by atoms with Crippen molar-refractivity contribution in [2.75, 3.05) is 26.7 Å². The number of rotatable bonds is 8. The van der Waals surface area contributed by atoms with Crippen molar-refractivity contribution < 1.29 is 4.74 Å². The van der Waals surface area contributed by atoms with E-state index in [1.807, 2.05) is 18.2 Å². The standard InChI is InChI=1S/C19H28N4O/c1-4-20-19(23(3)15-18-11-8-13-22(18)2)21-12-14-24-16-17-9-6-5-7-10-17/h5-11,13H,4,12,14-16H2,1-3H3,(H,20,21). The summed E-state index contributed by atoms with van der Waals surface area (Å²) in [6, 6.07) is 14.4. The average Bonchev–Trinajstić information content (AvgIpc) is 2.99. The second-order valence-electron chi connectivity index (χ2n) is 5.74. The number of nitrogens with one attached hydrogen (secondary N) is 1. The van der Waals surface area contributed by atoms with Crippen molar-refractivity contribution >= 4 is 5.96 Å². The van der Waals surface area contributed by atoms with E-state index in [0.29, 0.717) is 19.8 Å². The zero-order valence-corrected chi connectivity index (χ0v) is 14.9. The molecule has 0 saturated carbocycles. The van der Waals surface area contributed by atoms with Crippen LogP contribution in [0.1, 0.15) is 18.2 Å². The van der Waals surface area contributed by atoms with E-state index in [9.17, 15) is 0 Å². The van der Waals surface area contributed by atoms with Gasteiger partial charge in [-0.1, -0.05) is 30.3 Å². The summed E-state index contributed by atoms with van der Waals surface area (Å²) in [7, 11) is 4.12. The van der Waals surface area contributed by atoms with Crippen LogP contribution >= 0.6 is 0 Å². The van der Waals surface area contributed by atoms with Gasteiger partial charge in [0, 0.05) is 32.5 Å². The third-order valence-corrected chi connectivity index (χ3v) is 3.76. The average molecular weight is 328 g/mol. The zero-order chi connectivity index (χ0) is 17.2. The van der Waals surface area contributed by atoms with Crippen LogP contribution < -0.4 is 5.32 Å². The first kappa shape index (κ1) is 18.1. The van der Waals surface area contributed by atoms with E-state index >= 15 is 0 Å². The van der Waals surface area contributed by atoms with Crippen molar-refractivity contribution in [3.63, 3.8) is 0 Å². The molecule has 0 bridgehead atoms. The molecule has 2 rings (SSSR count). The minimum Gasteiger partial charge on any atom is -0.375 e. The summed E-state index contributed by atoms with van der Waals surface area (Å²) in [6.45, 7) is 5.64. The Balaban J connectivity index is 1.80. The topological polar surface area (TPSA) is 41.8 Å². The molecule has 0 atom stereocenters. The van der Waals surface area contributed by atoms with Crippen LogP contribution in [-0.4, -0.2) is 42.2 Å².